The molecular formula is C17H15N3S2. The van der Waals surface area contributed by atoms with Gasteiger partial charge >= 0.3 is 0 Å². The van der Waals surface area contributed by atoms with Crippen molar-refractivity contribution in [3.8, 4) is 11.5 Å². The van der Waals surface area contributed by atoms with E-state index >= 15 is 0 Å². The second-order valence-electron chi connectivity index (χ2n) is 4.58. The first-order chi connectivity index (χ1) is 10.8. The monoisotopic (exact) mass is 325 g/mol. The Morgan fingerprint density at radius 3 is 2.50 bits per heavy atom. The molecule has 0 radical (unpaired) electrons. The Morgan fingerprint density at radius 1 is 0.955 bits per heavy atom. The summed E-state index contributed by atoms with van der Waals surface area (Å²) >= 11 is 3.40. The molecule has 0 amide bonds. The zero-order valence-electron chi connectivity index (χ0n) is 12.1. The molecule has 22 heavy (non-hydrogen) atoms. The third kappa shape index (κ3) is 3.87. The summed E-state index contributed by atoms with van der Waals surface area (Å²) < 4.78 is 0. The van der Waals surface area contributed by atoms with E-state index in [0.29, 0.717) is 5.82 Å². The number of thioether (sulfide) groups is 1. The number of nitrogens with zero attached hydrogens (tertiary/aromatic N) is 3. The van der Waals surface area contributed by atoms with Crippen LogP contribution in [0.2, 0.25) is 0 Å². The normalized spacial score (nSPS) is 10.6. The molecule has 5 heteroatoms. The summed E-state index contributed by atoms with van der Waals surface area (Å²) in [6.07, 6.45) is 3.84. The maximum Gasteiger partial charge on any atom is 0.179 e. The highest BCUT2D eigenvalue weighted by Gasteiger charge is 2.09. The quantitative estimate of drug-likeness (QED) is 0.643. The van der Waals surface area contributed by atoms with Gasteiger partial charge in [0, 0.05) is 16.8 Å². The molecule has 0 saturated heterocycles. The largest absolute Gasteiger partial charge is 0.253 e. The number of benzene rings is 1. The fourth-order valence-electron chi connectivity index (χ4n) is 1.97. The zero-order valence-corrected chi connectivity index (χ0v) is 13.8. The van der Waals surface area contributed by atoms with Crippen LogP contribution in [0.4, 0.5) is 0 Å². The van der Waals surface area contributed by atoms with Crippen LogP contribution in [-0.2, 0) is 5.75 Å². The van der Waals surface area contributed by atoms with Crippen LogP contribution in [0.15, 0.2) is 70.7 Å². The van der Waals surface area contributed by atoms with Crippen LogP contribution < -0.4 is 0 Å². The van der Waals surface area contributed by atoms with Gasteiger partial charge in [-0.3, -0.25) is 4.98 Å². The lowest BCUT2D eigenvalue weighted by atomic mass is 10.3. The second-order valence-corrected chi connectivity index (χ2v) is 6.54. The van der Waals surface area contributed by atoms with Crippen molar-refractivity contribution in [3.05, 3.63) is 66.5 Å². The predicted molar refractivity (Wildman–Crippen MR) is 93.0 cm³/mol. The zero-order chi connectivity index (χ0) is 15.2. The minimum atomic E-state index is 0.686. The molecule has 0 unspecified atom stereocenters. The van der Waals surface area contributed by atoms with E-state index in [1.807, 2.05) is 36.4 Å². The number of hydrogen-bond acceptors (Lipinski definition) is 5. The van der Waals surface area contributed by atoms with Gasteiger partial charge in [-0.05, 0) is 36.6 Å². The molecule has 3 rings (SSSR count). The molecule has 3 nitrogen and oxygen atoms in total. The molecule has 2 aromatic heterocycles. The lowest BCUT2D eigenvalue weighted by Crippen LogP contribution is -1.97. The minimum Gasteiger partial charge on any atom is -0.253 e. The molecular weight excluding hydrogens is 310 g/mol. The molecule has 0 fully saturated rings. The van der Waals surface area contributed by atoms with Crippen LogP contribution in [0.3, 0.4) is 0 Å². The SMILES string of the molecule is CSCc1cc(Sc2ccccc2)nc(-c2ccccn2)n1. The highest BCUT2D eigenvalue weighted by atomic mass is 32.2. The van der Waals surface area contributed by atoms with Crippen molar-refractivity contribution in [1.29, 1.82) is 0 Å². The van der Waals surface area contributed by atoms with Gasteiger partial charge in [-0.15, -0.1) is 0 Å². The van der Waals surface area contributed by atoms with Crippen molar-refractivity contribution in [2.24, 2.45) is 0 Å². The smallest absolute Gasteiger partial charge is 0.179 e. The van der Waals surface area contributed by atoms with Gasteiger partial charge in [0.1, 0.15) is 10.7 Å². The highest BCUT2D eigenvalue weighted by molar-refractivity contribution is 7.99. The Hall–Kier alpha value is -1.85. The third-order valence-electron chi connectivity index (χ3n) is 2.91. The van der Waals surface area contributed by atoms with Gasteiger partial charge in [0.2, 0.25) is 0 Å². The van der Waals surface area contributed by atoms with Gasteiger partial charge in [-0.1, -0.05) is 36.0 Å². The summed E-state index contributed by atoms with van der Waals surface area (Å²) in [5, 5.41) is 0.950. The summed E-state index contributed by atoms with van der Waals surface area (Å²) in [6, 6.07) is 18.1. The summed E-state index contributed by atoms with van der Waals surface area (Å²) in [5.41, 5.74) is 1.84. The summed E-state index contributed by atoms with van der Waals surface area (Å²) in [5.74, 6) is 1.55. The van der Waals surface area contributed by atoms with Crippen LogP contribution in [0.1, 0.15) is 5.69 Å². The molecule has 0 atom stereocenters. The van der Waals surface area contributed by atoms with Crippen molar-refractivity contribution in [1.82, 2.24) is 15.0 Å². The first-order valence-corrected chi connectivity index (χ1v) is 9.07. The standard InChI is InChI=1S/C17H15N3S2/c1-21-12-13-11-16(22-14-7-3-2-4-8-14)20-17(19-13)15-9-5-6-10-18-15/h2-11H,12H2,1H3. The van der Waals surface area contributed by atoms with Gasteiger partial charge in [-0.25, -0.2) is 9.97 Å². The van der Waals surface area contributed by atoms with E-state index in [-0.39, 0.29) is 0 Å². The molecule has 110 valence electrons. The van der Waals surface area contributed by atoms with Crippen molar-refractivity contribution < 1.29 is 0 Å². The van der Waals surface area contributed by atoms with E-state index in [0.717, 1.165) is 22.2 Å². The van der Waals surface area contributed by atoms with Crippen molar-refractivity contribution in [2.45, 2.75) is 15.7 Å². The molecule has 3 aromatic rings. The maximum atomic E-state index is 4.66. The Labute approximate surface area is 138 Å². The molecule has 1 aromatic carbocycles. The van der Waals surface area contributed by atoms with Crippen LogP contribution in [0.5, 0.6) is 0 Å². The van der Waals surface area contributed by atoms with E-state index in [9.17, 15) is 0 Å². The number of rotatable bonds is 5. The third-order valence-corrected chi connectivity index (χ3v) is 4.42. The topological polar surface area (TPSA) is 38.7 Å². The van der Waals surface area contributed by atoms with E-state index in [2.05, 4.69) is 39.4 Å². The Kier molecular flexibility index (Phi) is 5.08. The average Bonchev–Trinajstić information content (AvgIpc) is 2.57. The predicted octanol–water partition coefficient (Wildman–Crippen LogP) is 4.55. The van der Waals surface area contributed by atoms with E-state index < -0.39 is 0 Å². The van der Waals surface area contributed by atoms with Crippen molar-refractivity contribution in [2.75, 3.05) is 6.26 Å². The number of hydrogen-bond donors (Lipinski definition) is 0. The number of aromatic nitrogens is 3. The lowest BCUT2D eigenvalue weighted by Gasteiger charge is -2.07. The summed E-state index contributed by atoms with van der Waals surface area (Å²) in [4.78, 5) is 14.8. The molecule has 0 spiro atoms. The number of pyridine rings is 1. The van der Waals surface area contributed by atoms with E-state index in [1.54, 1.807) is 29.7 Å². The van der Waals surface area contributed by atoms with Gasteiger partial charge in [0.15, 0.2) is 5.82 Å². The maximum absolute atomic E-state index is 4.66. The Morgan fingerprint density at radius 2 is 1.77 bits per heavy atom. The molecule has 0 aliphatic rings. The second kappa shape index (κ2) is 7.42. The van der Waals surface area contributed by atoms with Crippen LogP contribution in [0, 0.1) is 0 Å². The molecule has 0 N–H and O–H groups in total. The van der Waals surface area contributed by atoms with Crippen LogP contribution in [0.25, 0.3) is 11.5 Å². The van der Waals surface area contributed by atoms with Gasteiger partial charge in [0.05, 0.1) is 5.69 Å². The van der Waals surface area contributed by atoms with Crippen LogP contribution >= 0.6 is 23.5 Å². The minimum absolute atomic E-state index is 0.686. The van der Waals surface area contributed by atoms with Gasteiger partial charge < -0.3 is 0 Å². The first kappa shape index (κ1) is 15.1. The average molecular weight is 325 g/mol. The lowest BCUT2D eigenvalue weighted by molar-refractivity contribution is 0.998. The molecule has 0 aliphatic carbocycles. The summed E-state index contributed by atoms with van der Waals surface area (Å²) in [7, 11) is 0. The van der Waals surface area contributed by atoms with Gasteiger partial charge in [0.25, 0.3) is 0 Å². The molecule has 0 aliphatic heterocycles. The van der Waals surface area contributed by atoms with E-state index in [4.69, 9.17) is 0 Å². The molecule has 0 bridgehead atoms. The van der Waals surface area contributed by atoms with Crippen molar-refractivity contribution in [3.63, 3.8) is 0 Å². The van der Waals surface area contributed by atoms with Crippen molar-refractivity contribution >= 4 is 23.5 Å². The molecule has 2 heterocycles. The Bertz CT molecular complexity index is 733. The molecule has 0 saturated carbocycles. The fraction of sp³-hybridized carbons (Fsp3) is 0.118. The highest BCUT2D eigenvalue weighted by Crippen LogP contribution is 2.28. The van der Waals surface area contributed by atoms with Crippen LogP contribution in [-0.4, -0.2) is 21.2 Å². The summed E-state index contributed by atoms with van der Waals surface area (Å²) in [6.45, 7) is 0. The van der Waals surface area contributed by atoms with Gasteiger partial charge in [-0.2, -0.15) is 11.8 Å². The Balaban J connectivity index is 1.97. The van der Waals surface area contributed by atoms with E-state index in [1.165, 1.54) is 4.90 Å². The fourth-order valence-corrected chi connectivity index (χ4v) is 3.27. The first-order valence-electron chi connectivity index (χ1n) is 6.86.